The van der Waals surface area contributed by atoms with Crippen molar-refractivity contribution in [1.82, 2.24) is 0 Å². The van der Waals surface area contributed by atoms with E-state index in [9.17, 15) is 9.90 Å². The summed E-state index contributed by atoms with van der Waals surface area (Å²) in [7, 11) is 0. The summed E-state index contributed by atoms with van der Waals surface area (Å²) >= 11 is 0. The zero-order valence-corrected chi connectivity index (χ0v) is 12.0. The first kappa shape index (κ1) is 11.0. The third-order valence-electron chi connectivity index (χ3n) is 1.22. The molecule has 0 aromatic heterocycles. The second-order valence-corrected chi connectivity index (χ2v) is 1.92. The van der Waals surface area contributed by atoms with Gasteiger partial charge in [0.15, 0.2) is 0 Å². The molecular weight excluding hydrogens is 255 g/mol. The van der Waals surface area contributed by atoms with Crippen molar-refractivity contribution in [1.29, 1.82) is 0 Å². The van der Waals surface area contributed by atoms with Crippen LogP contribution in [0.4, 0.5) is 0 Å². The molecule has 0 fully saturated rings. The number of carboxylic acids is 1. The number of hydrogen-bond donors (Lipinski definition) is 1. The molecule has 1 N–H and O–H groups in total. The molecule has 4 nitrogen and oxygen atoms in total. The maximum Gasteiger partial charge on any atom is 1.00 e. The maximum atomic E-state index is 10.3. The smallest absolute Gasteiger partial charge is 0.862 e. The summed E-state index contributed by atoms with van der Waals surface area (Å²) in [4.78, 5) is 13.5. The summed E-state index contributed by atoms with van der Waals surface area (Å²) in [6, 6.07) is -0.766. The first-order valence-electron chi connectivity index (χ1n) is 2.66. The molecule has 0 aromatic rings. The van der Waals surface area contributed by atoms with Crippen molar-refractivity contribution in [2.75, 3.05) is 0 Å². The second-order valence-electron chi connectivity index (χ2n) is 1.92. The van der Waals surface area contributed by atoms with E-state index in [1.807, 2.05) is 0 Å². The SMILES string of the molecule is O=C(O)C1CCC([O-])=N1.[Cs+]. The third-order valence-corrected chi connectivity index (χ3v) is 1.22. The number of carbonyl (C=O) groups is 1. The van der Waals surface area contributed by atoms with Crippen molar-refractivity contribution in [3.63, 3.8) is 0 Å². The van der Waals surface area contributed by atoms with Crippen molar-refractivity contribution in [2.45, 2.75) is 18.9 Å². The minimum atomic E-state index is -0.999. The van der Waals surface area contributed by atoms with Crippen LogP contribution in [0.3, 0.4) is 0 Å². The normalized spacial score (nSPS) is 23.2. The zero-order chi connectivity index (χ0) is 6.85. The van der Waals surface area contributed by atoms with Gasteiger partial charge in [0.05, 0.1) is 0 Å². The summed E-state index contributed by atoms with van der Waals surface area (Å²) < 4.78 is 0. The molecule has 1 unspecified atom stereocenters. The van der Waals surface area contributed by atoms with Gasteiger partial charge in [0, 0.05) is 0 Å². The predicted octanol–water partition coefficient (Wildman–Crippen LogP) is -4.00. The van der Waals surface area contributed by atoms with Gasteiger partial charge < -0.3 is 10.2 Å². The van der Waals surface area contributed by atoms with Crippen LogP contribution in [0.15, 0.2) is 4.99 Å². The Kier molecular flexibility index (Phi) is 5.26. The second kappa shape index (κ2) is 4.79. The van der Waals surface area contributed by atoms with E-state index in [-0.39, 0.29) is 81.2 Å². The summed E-state index contributed by atoms with van der Waals surface area (Å²) in [5.74, 6) is -1.29. The molecule has 0 aliphatic carbocycles. The molecule has 0 saturated heterocycles. The number of carboxylic acid groups (broad SMARTS) is 1. The Morgan fingerprint density at radius 3 is 2.60 bits per heavy atom. The fourth-order valence-electron chi connectivity index (χ4n) is 0.742. The Bertz CT molecular complexity index is 168. The fourth-order valence-corrected chi connectivity index (χ4v) is 0.742. The minimum Gasteiger partial charge on any atom is -0.862 e. The van der Waals surface area contributed by atoms with Crippen LogP contribution < -0.4 is 74.0 Å². The standard InChI is InChI=1S/C5H7NO3.Cs/c7-4-2-1-3(6-4)5(8)9;/h3H,1-2H2,(H,6,7)(H,8,9);/q;+1/p-1. The van der Waals surface area contributed by atoms with Crippen LogP contribution in [0.2, 0.25) is 0 Å². The Labute approximate surface area is 117 Å². The number of nitrogens with zero attached hydrogens (tertiary/aromatic N) is 1. The maximum absolute atomic E-state index is 10.3. The minimum absolute atomic E-state index is 0. The Morgan fingerprint density at radius 2 is 2.40 bits per heavy atom. The number of hydrogen-bond acceptors (Lipinski definition) is 3. The average molecular weight is 261 g/mol. The van der Waals surface area contributed by atoms with E-state index in [0.29, 0.717) is 6.42 Å². The summed E-state index contributed by atoms with van der Waals surface area (Å²) in [6.45, 7) is 0. The molecule has 0 saturated carbocycles. The van der Waals surface area contributed by atoms with E-state index in [0.717, 1.165) is 0 Å². The van der Waals surface area contributed by atoms with Gasteiger partial charge in [0.1, 0.15) is 6.04 Å². The fraction of sp³-hybridized carbons (Fsp3) is 0.600. The van der Waals surface area contributed by atoms with E-state index in [2.05, 4.69) is 4.99 Å². The molecular formula is C5H6CsNO3. The van der Waals surface area contributed by atoms with E-state index in [1.165, 1.54) is 0 Å². The van der Waals surface area contributed by atoms with Gasteiger partial charge in [-0.05, 0) is 18.7 Å². The van der Waals surface area contributed by atoms with Gasteiger partial charge in [0.2, 0.25) is 0 Å². The summed E-state index contributed by atoms with van der Waals surface area (Å²) in [5, 5.41) is 18.6. The Hall–Kier alpha value is 0.992. The molecule has 10 heavy (non-hydrogen) atoms. The molecule has 0 bridgehead atoms. The van der Waals surface area contributed by atoms with E-state index < -0.39 is 12.0 Å². The molecule has 1 rings (SSSR count). The van der Waals surface area contributed by atoms with E-state index in [4.69, 9.17) is 5.11 Å². The van der Waals surface area contributed by atoms with Gasteiger partial charge in [-0.2, -0.15) is 0 Å². The van der Waals surface area contributed by atoms with E-state index in [1.54, 1.807) is 0 Å². The molecule has 0 spiro atoms. The summed E-state index contributed by atoms with van der Waals surface area (Å²) in [5.41, 5.74) is 0. The molecule has 1 atom stereocenters. The topological polar surface area (TPSA) is 72.7 Å². The van der Waals surface area contributed by atoms with Gasteiger partial charge in [-0.25, -0.2) is 4.79 Å². The van der Waals surface area contributed by atoms with Gasteiger partial charge in [-0.1, -0.05) is 0 Å². The molecule has 50 valence electrons. The van der Waals surface area contributed by atoms with E-state index >= 15 is 0 Å². The number of aliphatic carboxylic acids is 1. The van der Waals surface area contributed by atoms with Crippen molar-refractivity contribution in [3.05, 3.63) is 0 Å². The Morgan fingerprint density at radius 1 is 1.80 bits per heavy atom. The molecule has 1 heterocycles. The largest absolute Gasteiger partial charge is 1.00 e. The quantitative estimate of drug-likeness (QED) is 0.523. The van der Waals surface area contributed by atoms with Crippen LogP contribution in [0.1, 0.15) is 12.8 Å². The monoisotopic (exact) mass is 261 g/mol. The van der Waals surface area contributed by atoms with Crippen LogP contribution in [0.5, 0.6) is 0 Å². The van der Waals surface area contributed by atoms with Gasteiger partial charge in [-0.15, -0.1) is 0 Å². The first-order valence-corrected chi connectivity index (χ1v) is 2.66. The van der Waals surface area contributed by atoms with Gasteiger partial charge in [-0.3, -0.25) is 4.99 Å². The average Bonchev–Trinajstić information content (AvgIpc) is 2.14. The predicted molar refractivity (Wildman–Crippen MR) is 28.1 cm³/mol. The van der Waals surface area contributed by atoms with Crippen molar-refractivity contribution >= 4 is 11.9 Å². The molecule has 5 heteroatoms. The van der Waals surface area contributed by atoms with Crippen LogP contribution >= 0.6 is 0 Å². The van der Waals surface area contributed by atoms with Crippen LogP contribution in [-0.2, 0) is 4.79 Å². The Balaban J connectivity index is 0.000000810. The molecule has 0 aromatic carbocycles. The van der Waals surface area contributed by atoms with Crippen LogP contribution in [-0.4, -0.2) is 23.0 Å². The van der Waals surface area contributed by atoms with Crippen LogP contribution in [0, 0.1) is 0 Å². The zero-order valence-electron chi connectivity index (χ0n) is 5.70. The first-order chi connectivity index (χ1) is 4.20. The van der Waals surface area contributed by atoms with Crippen LogP contribution in [0.25, 0.3) is 0 Å². The third kappa shape index (κ3) is 2.93. The molecule has 0 amide bonds. The number of aliphatic imine (C=N–C) groups is 1. The van der Waals surface area contributed by atoms with Crippen molar-refractivity contribution in [2.24, 2.45) is 4.99 Å². The van der Waals surface area contributed by atoms with Gasteiger partial charge >= 0.3 is 74.9 Å². The van der Waals surface area contributed by atoms with Gasteiger partial charge in [0.25, 0.3) is 0 Å². The molecule has 0 radical (unpaired) electrons. The molecule has 1 aliphatic heterocycles. The molecule has 1 aliphatic rings. The summed E-state index contributed by atoms with van der Waals surface area (Å²) in [6.07, 6.45) is 0.658. The van der Waals surface area contributed by atoms with Crippen molar-refractivity contribution in [3.8, 4) is 0 Å². The number of rotatable bonds is 1. The van der Waals surface area contributed by atoms with Crippen molar-refractivity contribution < 1.29 is 83.9 Å².